The lowest BCUT2D eigenvalue weighted by atomic mass is 10.0. The highest BCUT2D eigenvalue weighted by Gasteiger charge is 2.59. The Bertz CT molecular complexity index is 440. The minimum Gasteiger partial charge on any atom is -0.311 e. The molecule has 4 nitrogen and oxygen atoms in total. The maximum atomic E-state index is 12.9. The Morgan fingerprint density at radius 2 is 2.16 bits per heavy atom. The maximum Gasteiger partial charge on any atom is 0.272 e. The summed E-state index contributed by atoms with van der Waals surface area (Å²) in [5.74, 6) is -2.57. The van der Waals surface area contributed by atoms with Crippen molar-refractivity contribution in [3.63, 3.8) is 0 Å². The first-order chi connectivity index (χ1) is 8.72. The smallest absolute Gasteiger partial charge is 0.272 e. The summed E-state index contributed by atoms with van der Waals surface area (Å²) in [6, 6.07) is -0.737. The predicted octanol–water partition coefficient (Wildman–Crippen LogP) is 1.89. The van der Waals surface area contributed by atoms with E-state index in [1.165, 1.54) is 4.68 Å². The van der Waals surface area contributed by atoms with Crippen molar-refractivity contribution in [3.8, 4) is 0 Å². The topological polar surface area (TPSA) is 33.1 Å². The molecule has 6 heteroatoms. The van der Waals surface area contributed by atoms with Crippen LogP contribution < -0.4 is 5.32 Å². The number of halogens is 2. The number of rotatable bonds is 6. The Labute approximate surface area is 112 Å². The largest absolute Gasteiger partial charge is 0.311 e. The van der Waals surface area contributed by atoms with Crippen LogP contribution in [-0.4, -0.2) is 46.8 Å². The molecule has 1 saturated carbocycles. The summed E-state index contributed by atoms with van der Waals surface area (Å²) in [4.78, 5) is 2.15. The lowest BCUT2D eigenvalue weighted by Gasteiger charge is -2.32. The first-order valence-electron chi connectivity index (χ1n) is 6.51. The molecule has 1 aromatic rings. The number of aromatic nitrogens is 2. The molecule has 0 radical (unpaired) electrons. The van der Waals surface area contributed by atoms with Crippen molar-refractivity contribution in [2.45, 2.75) is 44.3 Å². The van der Waals surface area contributed by atoms with E-state index in [2.05, 4.69) is 29.2 Å². The van der Waals surface area contributed by atoms with Gasteiger partial charge in [0.05, 0.1) is 6.20 Å². The molecule has 0 aromatic carbocycles. The molecule has 1 unspecified atom stereocenters. The van der Waals surface area contributed by atoms with Crippen LogP contribution in [0.3, 0.4) is 0 Å². The number of likely N-dealkylation sites (N-methyl/N-ethyl adjacent to an activating group) is 1. The summed E-state index contributed by atoms with van der Waals surface area (Å²) >= 11 is 0. The molecule has 19 heavy (non-hydrogen) atoms. The number of hydrogen-bond donors (Lipinski definition) is 1. The van der Waals surface area contributed by atoms with Gasteiger partial charge in [-0.1, -0.05) is 0 Å². The summed E-state index contributed by atoms with van der Waals surface area (Å²) in [6.45, 7) is 5.77. The first-order valence-corrected chi connectivity index (χ1v) is 6.51. The van der Waals surface area contributed by atoms with Gasteiger partial charge in [0.2, 0.25) is 0 Å². The summed E-state index contributed by atoms with van der Waals surface area (Å²) in [5.41, 5.74) is 0.997. The van der Waals surface area contributed by atoms with E-state index in [9.17, 15) is 8.78 Å². The minimum atomic E-state index is -2.57. The second-order valence-corrected chi connectivity index (χ2v) is 6.12. The summed E-state index contributed by atoms with van der Waals surface area (Å²) < 4.78 is 27.2. The Hall–Kier alpha value is -1.01. The van der Waals surface area contributed by atoms with Crippen LogP contribution in [-0.2, 0) is 6.54 Å². The van der Waals surface area contributed by atoms with Crippen LogP contribution >= 0.6 is 0 Å². The highest BCUT2D eigenvalue weighted by atomic mass is 19.3. The maximum absolute atomic E-state index is 12.9. The molecule has 1 aliphatic rings. The van der Waals surface area contributed by atoms with Crippen molar-refractivity contribution in [1.29, 1.82) is 0 Å². The van der Waals surface area contributed by atoms with Gasteiger partial charge in [-0.25, -0.2) is 8.78 Å². The second-order valence-electron chi connectivity index (χ2n) is 6.12. The average Bonchev–Trinajstić information content (AvgIpc) is 2.73. The average molecular weight is 272 g/mol. The molecule has 0 bridgehead atoms. The van der Waals surface area contributed by atoms with Crippen molar-refractivity contribution in [3.05, 3.63) is 18.0 Å². The number of nitrogens with zero attached hydrogens (tertiary/aromatic N) is 3. The van der Waals surface area contributed by atoms with Crippen molar-refractivity contribution >= 4 is 0 Å². The van der Waals surface area contributed by atoms with Gasteiger partial charge in [-0.05, 0) is 27.9 Å². The van der Waals surface area contributed by atoms with E-state index in [0.717, 1.165) is 12.1 Å². The molecule has 1 heterocycles. The van der Waals surface area contributed by atoms with E-state index in [-0.39, 0.29) is 12.0 Å². The van der Waals surface area contributed by atoms with Gasteiger partial charge in [0, 0.05) is 36.8 Å². The standard InChI is InChI=1S/C13H22F2N4/c1-12(2,18(3)4)9-16-6-10-7-17-19(8-10)11-5-13(11,14)15/h7-8,11,16H,5-6,9H2,1-4H3. The van der Waals surface area contributed by atoms with Crippen LogP contribution in [0.25, 0.3) is 0 Å². The zero-order chi connectivity index (χ0) is 14.3. The Kier molecular flexibility index (Phi) is 3.66. The van der Waals surface area contributed by atoms with Crippen LogP contribution in [0.4, 0.5) is 8.78 Å². The van der Waals surface area contributed by atoms with Crippen molar-refractivity contribution in [2.24, 2.45) is 0 Å². The summed E-state index contributed by atoms with van der Waals surface area (Å²) in [6.07, 6.45) is 3.28. The highest BCUT2D eigenvalue weighted by Crippen LogP contribution is 2.52. The molecule has 0 saturated heterocycles. The molecule has 1 aliphatic carbocycles. The molecule has 0 amide bonds. The molecule has 1 aromatic heterocycles. The predicted molar refractivity (Wildman–Crippen MR) is 70.3 cm³/mol. The third kappa shape index (κ3) is 3.30. The fourth-order valence-corrected chi connectivity index (χ4v) is 1.80. The lowest BCUT2D eigenvalue weighted by Crippen LogP contribution is -2.46. The number of hydrogen-bond acceptors (Lipinski definition) is 3. The molecule has 1 N–H and O–H groups in total. The lowest BCUT2D eigenvalue weighted by molar-refractivity contribution is 0.0983. The third-order valence-corrected chi connectivity index (χ3v) is 3.86. The van der Waals surface area contributed by atoms with Gasteiger partial charge in [-0.2, -0.15) is 5.10 Å². The molecular formula is C13H22F2N4. The van der Waals surface area contributed by atoms with E-state index in [0.29, 0.717) is 6.54 Å². The van der Waals surface area contributed by atoms with Gasteiger partial charge in [0.15, 0.2) is 0 Å². The van der Waals surface area contributed by atoms with E-state index in [4.69, 9.17) is 0 Å². The van der Waals surface area contributed by atoms with Crippen molar-refractivity contribution < 1.29 is 8.78 Å². The Morgan fingerprint density at radius 3 is 2.68 bits per heavy atom. The highest BCUT2D eigenvalue weighted by molar-refractivity contribution is 5.09. The van der Waals surface area contributed by atoms with Crippen molar-refractivity contribution in [2.75, 3.05) is 20.6 Å². The SMILES string of the molecule is CN(C)C(C)(C)CNCc1cnn(C2CC2(F)F)c1. The van der Waals surface area contributed by atoms with Gasteiger partial charge in [0.1, 0.15) is 6.04 Å². The Balaban J connectivity index is 1.82. The fraction of sp³-hybridized carbons (Fsp3) is 0.769. The number of nitrogens with one attached hydrogen (secondary N) is 1. The van der Waals surface area contributed by atoms with Crippen LogP contribution in [0.5, 0.6) is 0 Å². The minimum absolute atomic E-state index is 0.0551. The molecule has 1 atom stereocenters. The molecular weight excluding hydrogens is 250 g/mol. The molecule has 2 rings (SSSR count). The normalized spacial score (nSPS) is 21.9. The van der Waals surface area contributed by atoms with Gasteiger partial charge >= 0.3 is 0 Å². The van der Waals surface area contributed by atoms with Crippen LogP contribution in [0.2, 0.25) is 0 Å². The molecule has 1 fully saturated rings. The molecule has 0 aliphatic heterocycles. The van der Waals surface area contributed by atoms with Crippen molar-refractivity contribution in [1.82, 2.24) is 20.0 Å². The first kappa shape index (κ1) is 14.4. The summed E-state index contributed by atoms with van der Waals surface area (Å²) in [5, 5.41) is 7.34. The van der Waals surface area contributed by atoms with Gasteiger partial charge < -0.3 is 10.2 Å². The fourth-order valence-electron chi connectivity index (χ4n) is 1.80. The van der Waals surface area contributed by atoms with E-state index in [1.807, 2.05) is 14.1 Å². The number of alkyl halides is 2. The van der Waals surface area contributed by atoms with E-state index >= 15 is 0 Å². The van der Waals surface area contributed by atoms with E-state index in [1.54, 1.807) is 12.4 Å². The second kappa shape index (κ2) is 4.83. The molecule has 0 spiro atoms. The van der Waals surface area contributed by atoms with Crippen LogP contribution in [0.15, 0.2) is 12.4 Å². The molecule has 108 valence electrons. The third-order valence-electron chi connectivity index (χ3n) is 3.86. The van der Waals surface area contributed by atoms with Gasteiger partial charge in [0.25, 0.3) is 5.92 Å². The Morgan fingerprint density at radius 1 is 1.53 bits per heavy atom. The monoisotopic (exact) mass is 272 g/mol. The van der Waals surface area contributed by atoms with Crippen LogP contribution in [0.1, 0.15) is 31.9 Å². The summed E-state index contributed by atoms with van der Waals surface area (Å²) in [7, 11) is 4.07. The zero-order valence-corrected chi connectivity index (χ0v) is 12.0. The van der Waals surface area contributed by atoms with Crippen LogP contribution in [0, 0.1) is 0 Å². The van der Waals surface area contributed by atoms with Gasteiger partial charge in [-0.3, -0.25) is 4.68 Å². The zero-order valence-electron chi connectivity index (χ0n) is 12.0. The van der Waals surface area contributed by atoms with Gasteiger partial charge in [-0.15, -0.1) is 0 Å². The van der Waals surface area contributed by atoms with E-state index < -0.39 is 12.0 Å². The quantitative estimate of drug-likeness (QED) is 0.858.